The Kier molecular flexibility index (Phi) is 3.37. The summed E-state index contributed by atoms with van der Waals surface area (Å²) < 4.78 is 0. The molecule has 0 unspecified atom stereocenters. The highest BCUT2D eigenvalue weighted by Gasteiger charge is 2.36. The molecular formula is C19H22O. The summed E-state index contributed by atoms with van der Waals surface area (Å²) in [7, 11) is 0. The van der Waals surface area contributed by atoms with E-state index in [1.807, 2.05) is 12.1 Å². The molecule has 2 aromatic rings. The van der Waals surface area contributed by atoms with Crippen LogP contribution in [0.2, 0.25) is 0 Å². The van der Waals surface area contributed by atoms with Gasteiger partial charge >= 0.3 is 0 Å². The fourth-order valence-corrected chi connectivity index (χ4v) is 3.54. The molecule has 3 rings (SSSR count). The highest BCUT2D eigenvalue weighted by molar-refractivity contribution is 6.11. The van der Waals surface area contributed by atoms with Gasteiger partial charge in [0.2, 0.25) is 0 Å². The summed E-state index contributed by atoms with van der Waals surface area (Å²) >= 11 is 0. The van der Waals surface area contributed by atoms with Crippen molar-refractivity contribution in [2.24, 2.45) is 5.41 Å². The van der Waals surface area contributed by atoms with Gasteiger partial charge in [0.05, 0.1) is 0 Å². The van der Waals surface area contributed by atoms with Crippen molar-refractivity contribution in [2.45, 2.75) is 46.0 Å². The second-order valence-corrected chi connectivity index (χ2v) is 6.43. The highest BCUT2D eigenvalue weighted by atomic mass is 16.1. The third-order valence-corrected chi connectivity index (χ3v) is 4.87. The highest BCUT2D eigenvalue weighted by Crippen LogP contribution is 2.40. The van der Waals surface area contributed by atoms with Crippen LogP contribution in [0.15, 0.2) is 36.4 Å². The molecule has 0 bridgehead atoms. The minimum atomic E-state index is -0.160. The van der Waals surface area contributed by atoms with E-state index >= 15 is 0 Å². The number of fused-ring (bicyclic) bond motifs is 1. The van der Waals surface area contributed by atoms with Gasteiger partial charge in [-0.25, -0.2) is 0 Å². The molecule has 1 fully saturated rings. The van der Waals surface area contributed by atoms with Crippen molar-refractivity contribution in [1.82, 2.24) is 0 Å². The quantitative estimate of drug-likeness (QED) is 0.674. The molecule has 0 N–H and O–H groups in total. The van der Waals surface area contributed by atoms with Crippen molar-refractivity contribution in [3.05, 3.63) is 47.5 Å². The summed E-state index contributed by atoms with van der Waals surface area (Å²) in [5.41, 5.74) is 1.90. The average Bonchev–Trinajstić information content (AvgIpc) is 2.47. The summed E-state index contributed by atoms with van der Waals surface area (Å²) in [4.78, 5) is 13.2. The third kappa shape index (κ3) is 2.15. The summed E-state index contributed by atoms with van der Waals surface area (Å²) in [5.74, 6) is 0.353. The topological polar surface area (TPSA) is 17.1 Å². The largest absolute Gasteiger partial charge is 0.294 e. The molecule has 1 aliphatic carbocycles. The Morgan fingerprint density at radius 2 is 1.70 bits per heavy atom. The maximum absolute atomic E-state index is 13.2. The van der Waals surface area contributed by atoms with Crippen molar-refractivity contribution in [1.29, 1.82) is 0 Å². The minimum Gasteiger partial charge on any atom is -0.294 e. The molecule has 0 heterocycles. The van der Waals surface area contributed by atoms with Gasteiger partial charge in [-0.1, -0.05) is 62.6 Å². The fraction of sp³-hybridized carbons (Fsp3) is 0.421. The van der Waals surface area contributed by atoms with Crippen LogP contribution in [0.4, 0.5) is 0 Å². The summed E-state index contributed by atoms with van der Waals surface area (Å²) in [6.45, 7) is 4.22. The summed E-state index contributed by atoms with van der Waals surface area (Å²) in [6.07, 6.45) is 5.72. The summed E-state index contributed by atoms with van der Waals surface area (Å²) in [6, 6.07) is 12.4. The Bertz CT molecular complexity index is 648. The number of carbonyl (C=O) groups is 1. The lowest BCUT2D eigenvalue weighted by molar-refractivity contribution is 0.0751. The second kappa shape index (κ2) is 5.05. The molecule has 20 heavy (non-hydrogen) atoms. The molecule has 0 aliphatic heterocycles. The van der Waals surface area contributed by atoms with Crippen LogP contribution in [0.3, 0.4) is 0 Å². The SMILES string of the molecule is Cc1ccc2ccccc2c1C(=O)C1(C)CCCCC1. The Labute approximate surface area is 121 Å². The molecule has 1 heteroatoms. The molecule has 0 radical (unpaired) electrons. The van der Waals surface area contributed by atoms with E-state index in [2.05, 4.69) is 38.1 Å². The number of rotatable bonds is 2. The van der Waals surface area contributed by atoms with Gasteiger partial charge in [-0.15, -0.1) is 0 Å². The minimum absolute atomic E-state index is 0.160. The first-order valence-electron chi connectivity index (χ1n) is 7.65. The first-order chi connectivity index (χ1) is 9.62. The van der Waals surface area contributed by atoms with E-state index < -0.39 is 0 Å². The van der Waals surface area contributed by atoms with Crippen LogP contribution < -0.4 is 0 Å². The number of aryl methyl sites for hydroxylation is 1. The van der Waals surface area contributed by atoms with E-state index in [4.69, 9.17) is 0 Å². The molecule has 0 amide bonds. The second-order valence-electron chi connectivity index (χ2n) is 6.43. The fourth-order valence-electron chi connectivity index (χ4n) is 3.54. The molecular weight excluding hydrogens is 244 g/mol. The number of carbonyl (C=O) groups excluding carboxylic acids is 1. The molecule has 0 saturated heterocycles. The molecule has 0 spiro atoms. The van der Waals surface area contributed by atoms with E-state index in [-0.39, 0.29) is 5.41 Å². The van der Waals surface area contributed by atoms with Gasteiger partial charge in [0, 0.05) is 11.0 Å². The number of ketones is 1. The maximum atomic E-state index is 13.2. The third-order valence-electron chi connectivity index (χ3n) is 4.87. The van der Waals surface area contributed by atoms with Crippen molar-refractivity contribution < 1.29 is 4.79 Å². The van der Waals surface area contributed by atoms with Gasteiger partial charge in [-0.3, -0.25) is 4.79 Å². The number of hydrogen-bond donors (Lipinski definition) is 0. The Morgan fingerprint density at radius 1 is 1.00 bits per heavy atom. The lowest BCUT2D eigenvalue weighted by Gasteiger charge is -2.33. The average molecular weight is 266 g/mol. The lowest BCUT2D eigenvalue weighted by Crippen LogP contribution is -2.31. The normalized spacial score (nSPS) is 18.1. The van der Waals surface area contributed by atoms with Crippen molar-refractivity contribution >= 4 is 16.6 Å². The van der Waals surface area contributed by atoms with Crippen molar-refractivity contribution in [3.63, 3.8) is 0 Å². The monoisotopic (exact) mass is 266 g/mol. The van der Waals surface area contributed by atoms with E-state index in [1.165, 1.54) is 24.6 Å². The van der Waals surface area contributed by atoms with Crippen LogP contribution in [-0.2, 0) is 0 Å². The smallest absolute Gasteiger partial charge is 0.169 e. The van der Waals surface area contributed by atoms with Gasteiger partial charge in [-0.2, -0.15) is 0 Å². The van der Waals surface area contributed by atoms with E-state index in [0.29, 0.717) is 5.78 Å². The van der Waals surface area contributed by atoms with Gasteiger partial charge < -0.3 is 0 Å². The van der Waals surface area contributed by atoms with E-state index in [1.54, 1.807) is 0 Å². The maximum Gasteiger partial charge on any atom is 0.169 e. The van der Waals surface area contributed by atoms with Crippen LogP contribution in [-0.4, -0.2) is 5.78 Å². The molecule has 0 atom stereocenters. The Hall–Kier alpha value is -1.63. The van der Waals surface area contributed by atoms with Gasteiger partial charge in [-0.05, 0) is 36.1 Å². The molecule has 2 aromatic carbocycles. The van der Waals surface area contributed by atoms with Crippen molar-refractivity contribution in [2.75, 3.05) is 0 Å². The van der Waals surface area contributed by atoms with Gasteiger partial charge in [0.15, 0.2) is 5.78 Å². The van der Waals surface area contributed by atoms with Crippen LogP contribution in [0.5, 0.6) is 0 Å². The first-order valence-corrected chi connectivity index (χ1v) is 7.65. The number of hydrogen-bond acceptors (Lipinski definition) is 1. The van der Waals surface area contributed by atoms with E-state index in [9.17, 15) is 4.79 Å². The predicted octanol–water partition coefficient (Wildman–Crippen LogP) is 5.30. The zero-order valence-electron chi connectivity index (χ0n) is 12.4. The van der Waals surface area contributed by atoms with Gasteiger partial charge in [0.1, 0.15) is 0 Å². The van der Waals surface area contributed by atoms with Crippen LogP contribution in [0, 0.1) is 12.3 Å². The molecule has 1 nitrogen and oxygen atoms in total. The molecule has 1 saturated carbocycles. The molecule has 104 valence electrons. The summed E-state index contributed by atoms with van der Waals surface area (Å²) in [5, 5.41) is 2.28. The predicted molar refractivity (Wildman–Crippen MR) is 84.2 cm³/mol. The number of Topliss-reactive ketones (excluding diaryl/α,β-unsaturated/α-hetero) is 1. The lowest BCUT2D eigenvalue weighted by atomic mass is 9.70. The van der Waals surface area contributed by atoms with Crippen LogP contribution >= 0.6 is 0 Å². The first kappa shape index (κ1) is 13.4. The van der Waals surface area contributed by atoms with Gasteiger partial charge in [0.25, 0.3) is 0 Å². The zero-order valence-corrected chi connectivity index (χ0v) is 12.4. The zero-order chi connectivity index (χ0) is 14.2. The molecule has 0 aromatic heterocycles. The Morgan fingerprint density at radius 3 is 2.45 bits per heavy atom. The van der Waals surface area contributed by atoms with Crippen LogP contribution in [0.25, 0.3) is 10.8 Å². The van der Waals surface area contributed by atoms with Crippen molar-refractivity contribution in [3.8, 4) is 0 Å². The number of benzene rings is 2. The van der Waals surface area contributed by atoms with Crippen LogP contribution in [0.1, 0.15) is 54.9 Å². The standard InChI is InChI=1S/C19H22O/c1-14-10-11-15-8-4-5-9-16(15)17(14)18(20)19(2)12-6-3-7-13-19/h4-5,8-11H,3,6-7,12-13H2,1-2H3. The van der Waals surface area contributed by atoms with E-state index in [0.717, 1.165) is 29.4 Å². The molecule has 1 aliphatic rings. The Balaban J connectivity index is 2.13.